The van der Waals surface area contributed by atoms with Crippen molar-refractivity contribution in [3.05, 3.63) is 18.5 Å². The third kappa shape index (κ3) is 2.46. The standard InChI is InChI=1S/C11H15N5O/c17-11(15-8-2-3-8)16-6-9(7-16)14-10-12-4-1-5-13-10/h1,4-5,8-9H,2-3,6-7H2,(H,15,17)(H,12,13,14). The fourth-order valence-corrected chi connectivity index (χ4v) is 1.79. The van der Waals surface area contributed by atoms with E-state index in [1.165, 1.54) is 0 Å². The number of likely N-dealkylation sites (tertiary alicyclic amines) is 1. The average Bonchev–Trinajstić information content (AvgIpc) is 3.08. The maximum atomic E-state index is 11.6. The van der Waals surface area contributed by atoms with E-state index < -0.39 is 0 Å². The number of rotatable bonds is 3. The molecule has 17 heavy (non-hydrogen) atoms. The van der Waals surface area contributed by atoms with Crippen LogP contribution in [0.2, 0.25) is 0 Å². The first-order chi connectivity index (χ1) is 8.31. The molecular formula is C11H15N5O. The first-order valence-electron chi connectivity index (χ1n) is 5.90. The van der Waals surface area contributed by atoms with Gasteiger partial charge in [0, 0.05) is 31.5 Å². The molecule has 0 aromatic carbocycles. The highest BCUT2D eigenvalue weighted by Crippen LogP contribution is 2.20. The molecular weight excluding hydrogens is 218 g/mol. The van der Waals surface area contributed by atoms with Crippen molar-refractivity contribution in [2.24, 2.45) is 0 Å². The van der Waals surface area contributed by atoms with E-state index in [9.17, 15) is 4.79 Å². The Kier molecular flexibility index (Phi) is 2.55. The Morgan fingerprint density at radius 2 is 1.94 bits per heavy atom. The smallest absolute Gasteiger partial charge is 0.317 e. The van der Waals surface area contributed by atoms with Gasteiger partial charge >= 0.3 is 6.03 Å². The largest absolute Gasteiger partial charge is 0.348 e. The summed E-state index contributed by atoms with van der Waals surface area (Å²) < 4.78 is 0. The minimum Gasteiger partial charge on any atom is -0.348 e. The number of hydrogen-bond donors (Lipinski definition) is 2. The normalized spacial score (nSPS) is 19.6. The maximum Gasteiger partial charge on any atom is 0.317 e. The number of amides is 2. The van der Waals surface area contributed by atoms with Crippen LogP contribution in [-0.4, -0.2) is 46.1 Å². The van der Waals surface area contributed by atoms with Gasteiger partial charge in [-0.15, -0.1) is 0 Å². The van der Waals surface area contributed by atoms with Crippen LogP contribution in [0.5, 0.6) is 0 Å². The summed E-state index contributed by atoms with van der Waals surface area (Å²) in [5, 5.41) is 6.16. The maximum absolute atomic E-state index is 11.6. The SMILES string of the molecule is O=C(NC1CC1)N1CC(Nc2ncccn2)C1. The van der Waals surface area contributed by atoms with Crippen molar-refractivity contribution in [2.45, 2.75) is 24.9 Å². The van der Waals surface area contributed by atoms with Crippen LogP contribution < -0.4 is 10.6 Å². The van der Waals surface area contributed by atoms with Crippen molar-refractivity contribution in [3.8, 4) is 0 Å². The fourth-order valence-electron chi connectivity index (χ4n) is 1.79. The Bertz CT molecular complexity index is 400. The molecule has 1 aliphatic heterocycles. The Morgan fingerprint density at radius 3 is 2.59 bits per heavy atom. The second-order valence-electron chi connectivity index (χ2n) is 4.54. The van der Waals surface area contributed by atoms with Crippen LogP contribution >= 0.6 is 0 Å². The number of nitrogens with zero attached hydrogens (tertiary/aromatic N) is 3. The second-order valence-corrected chi connectivity index (χ2v) is 4.54. The van der Waals surface area contributed by atoms with Crippen molar-refractivity contribution in [1.29, 1.82) is 0 Å². The zero-order valence-electron chi connectivity index (χ0n) is 9.47. The van der Waals surface area contributed by atoms with Crippen LogP contribution in [0.25, 0.3) is 0 Å². The Balaban J connectivity index is 1.43. The Hall–Kier alpha value is -1.85. The third-order valence-electron chi connectivity index (χ3n) is 2.97. The molecule has 2 aliphatic rings. The first-order valence-corrected chi connectivity index (χ1v) is 5.90. The predicted octanol–water partition coefficient (Wildman–Crippen LogP) is 0.445. The lowest BCUT2D eigenvalue weighted by molar-refractivity contribution is 0.157. The molecule has 0 spiro atoms. The Morgan fingerprint density at radius 1 is 1.24 bits per heavy atom. The van der Waals surface area contributed by atoms with Crippen LogP contribution in [0.4, 0.5) is 10.7 Å². The second kappa shape index (κ2) is 4.20. The van der Waals surface area contributed by atoms with Gasteiger partial charge in [-0.25, -0.2) is 14.8 Å². The number of aromatic nitrogens is 2. The number of nitrogens with one attached hydrogen (secondary N) is 2. The third-order valence-corrected chi connectivity index (χ3v) is 2.97. The van der Waals surface area contributed by atoms with Crippen molar-refractivity contribution in [3.63, 3.8) is 0 Å². The molecule has 0 unspecified atom stereocenters. The molecule has 0 bridgehead atoms. The van der Waals surface area contributed by atoms with E-state index in [4.69, 9.17) is 0 Å². The van der Waals surface area contributed by atoms with Crippen molar-refractivity contribution in [2.75, 3.05) is 18.4 Å². The first kappa shape index (κ1) is 10.3. The molecule has 90 valence electrons. The molecule has 2 amide bonds. The van der Waals surface area contributed by atoms with Gasteiger partial charge in [0.2, 0.25) is 5.95 Å². The summed E-state index contributed by atoms with van der Waals surface area (Å²) in [5.41, 5.74) is 0. The lowest BCUT2D eigenvalue weighted by Crippen LogP contribution is -2.59. The quantitative estimate of drug-likeness (QED) is 0.795. The number of carbonyl (C=O) groups is 1. The molecule has 1 saturated heterocycles. The fraction of sp³-hybridized carbons (Fsp3) is 0.545. The van der Waals surface area contributed by atoms with E-state index in [-0.39, 0.29) is 12.1 Å². The molecule has 1 saturated carbocycles. The van der Waals surface area contributed by atoms with Gasteiger partial charge in [0.15, 0.2) is 0 Å². The van der Waals surface area contributed by atoms with Crippen molar-refractivity contribution >= 4 is 12.0 Å². The van der Waals surface area contributed by atoms with Gasteiger partial charge in [0.05, 0.1) is 6.04 Å². The molecule has 2 N–H and O–H groups in total. The van der Waals surface area contributed by atoms with Crippen LogP contribution in [-0.2, 0) is 0 Å². The minimum atomic E-state index is 0.0551. The van der Waals surface area contributed by atoms with Gasteiger partial charge in [-0.2, -0.15) is 0 Å². The van der Waals surface area contributed by atoms with Gasteiger partial charge in [-0.05, 0) is 18.9 Å². The lowest BCUT2D eigenvalue weighted by atomic mass is 10.1. The average molecular weight is 233 g/mol. The molecule has 2 heterocycles. The van der Waals surface area contributed by atoms with Crippen LogP contribution in [0.1, 0.15) is 12.8 Å². The molecule has 1 aromatic heterocycles. The summed E-state index contributed by atoms with van der Waals surface area (Å²) in [7, 11) is 0. The van der Waals surface area contributed by atoms with Gasteiger partial charge in [-0.3, -0.25) is 0 Å². The van der Waals surface area contributed by atoms with Gasteiger partial charge < -0.3 is 15.5 Å². The molecule has 0 atom stereocenters. The van der Waals surface area contributed by atoms with Gasteiger partial charge in [0.25, 0.3) is 0 Å². The molecule has 0 radical (unpaired) electrons. The van der Waals surface area contributed by atoms with Crippen LogP contribution in [0.3, 0.4) is 0 Å². The monoisotopic (exact) mass is 233 g/mol. The molecule has 2 fully saturated rings. The van der Waals surface area contributed by atoms with E-state index >= 15 is 0 Å². The lowest BCUT2D eigenvalue weighted by Gasteiger charge is -2.39. The van der Waals surface area contributed by atoms with Gasteiger partial charge in [0.1, 0.15) is 0 Å². The molecule has 6 nitrogen and oxygen atoms in total. The van der Waals surface area contributed by atoms with Crippen LogP contribution in [0, 0.1) is 0 Å². The molecule has 3 rings (SSSR count). The van der Waals surface area contributed by atoms with E-state index in [0.717, 1.165) is 25.9 Å². The summed E-state index contributed by atoms with van der Waals surface area (Å²) in [6, 6.07) is 2.52. The van der Waals surface area contributed by atoms with E-state index in [2.05, 4.69) is 20.6 Å². The summed E-state index contributed by atoms with van der Waals surface area (Å²) in [6.07, 6.45) is 5.65. The number of hydrogen-bond acceptors (Lipinski definition) is 4. The molecule has 1 aromatic rings. The number of carbonyl (C=O) groups excluding carboxylic acids is 1. The highest BCUT2D eigenvalue weighted by Gasteiger charge is 2.33. The zero-order valence-corrected chi connectivity index (χ0v) is 9.47. The number of urea groups is 1. The minimum absolute atomic E-state index is 0.0551. The van der Waals surface area contributed by atoms with Crippen molar-refractivity contribution < 1.29 is 4.79 Å². The highest BCUT2D eigenvalue weighted by atomic mass is 16.2. The van der Waals surface area contributed by atoms with E-state index in [1.54, 1.807) is 23.4 Å². The summed E-state index contributed by atoms with van der Waals surface area (Å²) >= 11 is 0. The van der Waals surface area contributed by atoms with Crippen molar-refractivity contribution in [1.82, 2.24) is 20.2 Å². The van der Waals surface area contributed by atoms with E-state index in [1.807, 2.05) is 0 Å². The van der Waals surface area contributed by atoms with Gasteiger partial charge in [-0.1, -0.05) is 0 Å². The zero-order chi connectivity index (χ0) is 11.7. The topological polar surface area (TPSA) is 70.2 Å². The molecule has 1 aliphatic carbocycles. The number of anilines is 1. The Labute approximate surface area is 99.4 Å². The van der Waals surface area contributed by atoms with Crippen LogP contribution in [0.15, 0.2) is 18.5 Å². The highest BCUT2D eigenvalue weighted by molar-refractivity contribution is 5.76. The molecule has 6 heteroatoms. The summed E-state index contributed by atoms with van der Waals surface area (Å²) in [4.78, 5) is 21.6. The predicted molar refractivity (Wildman–Crippen MR) is 62.6 cm³/mol. The summed E-state index contributed by atoms with van der Waals surface area (Å²) in [5.74, 6) is 0.625. The summed E-state index contributed by atoms with van der Waals surface area (Å²) in [6.45, 7) is 1.44. The van der Waals surface area contributed by atoms with E-state index in [0.29, 0.717) is 12.0 Å².